The van der Waals surface area contributed by atoms with Gasteiger partial charge < -0.3 is 4.90 Å². The predicted molar refractivity (Wildman–Crippen MR) is 81.6 cm³/mol. The van der Waals surface area contributed by atoms with Crippen LogP contribution in [0.4, 0.5) is 0 Å². The SMILES string of the molecule is CCN(CC)C(=O)[C@H](C)N1C(=O)[C@H]2[C@H](C1=O)[C@H]1C=C[C@H]2CC1. The molecule has 1 saturated carbocycles. The average Bonchev–Trinajstić information content (AvgIpc) is 2.82. The van der Waals surface area contributed by atoms with Crippen LogP contribution in [0.15, 0.2) is 12.2 Å². The maximum Gasteiger partial charge on any atom is 0.245 e. The number of carbonyl (C=O) groups is 3. The first kappa shape index (κ1) is 15.3. The van der Waals surface area contributed by atoms with Gasteiger partial charge in [-0.2, -0.15) is 0 Å². The first-order chi connectivity index (χ1) is 10.5. The van der Waals surface area contributed by atoms with E-state index in [1.165, 1.54) is 4.90 Å². The van der Waals surface area contributed by atoms with Gasteiger partial charge in [0.1, 0.15) is 6.04 Å². The standard InChI is InChI=1S/C17H24N2O3/c1-4-18(5-2)15(20)10(3)19-16(21)13-11-6-7-12(9-8-11)14(13)17(19)22/h6-7,10-14H,4-5,8-9H2,1-3H3/t10-,11-,12-,13+,14+/m0/s1. The smallest absolute Gasteiger partial charge is 0.245 e. The molecule has 0 unspecified atom stereocenters. The molecule has 4 aliphatic rings. The summed E-state index contributed by atoms with van der Waals surface area (Å²) in [5.41, 5.74) is 0. The highest BCUT2D eigenvalue weighted by Gasteiger charge is 2.58. The lowest BCUT2D eigenvalue weighted by molar-refractivity contribution is -0.151. The van der Waals surface area contributed by atoms with Crippen LogP contribution in [-0.2, 0) is 14.4 Å². The lowest BCUT2D eigenvalue weighted by Crippen LogP contribution is -2.50. The summed E-state index contributed by atoms with van der Waals surface area (Å²) in [5, 5.41) is 0. The maximum atomic E-state index is 12.8. The highest BCUT2D eigenvalue weighted by atomic mass is 16.2. The molecule has 3 aliphatic carbocycles. The Labute approximate surface area is 131 Å². The van der Waals surface area contributed by atoms with E-state index in [9.17, 15) is 14.4 Å². The van der Waals surface area contributed by atoms with Gasteiger partial charge in [-0.1, -0.05) is 12.2 Å². The average molecular weight is 304 g/mol. The highest BCUT2D eigenvalue weighted by Crippen LogP contribution is 2.49. The van der Waals surface area contributed by atoms with Crippen LogP contribution < -0.4 is 0 Å². The fourth-order valence-corrected chi connectivity index (χ4v) is 4.39. The van der Waals surface area contributed by atoms with E-state index in [2.05, 4.69) is 12.2 Å². The summed E-state index contributed by atoms with van der Waals surface area (Å²) in [6.07, 6.45) is 6.16. The lowest BCUT2D eigenvalue weighted by atomic mass is 9.63. The number of nitrogens with zero attached hydrogens (tertiary/aromatic N) is 2. The van der Waals surface area contributed by atoms with Crippen molar-refractivity contribution in [1.29, 1.82) is 0 Å². The molecular weight excluding hydrogens is 280 g/mol. The molecule has 5 atom stereocenters. The molecule has 0 N–H and O–H groups in total. The molecule has 22 heavy (non-hydrogen) atoms. The number of hydrogen-bond donors (Lipinski definition) is 0. The third kappa shape index (κ3) is 2.02. The Hall–Kier alpha value is -1.65. The highest BCUT2D eigenvalue weighted by molar-refractivity contribution is 6.08. The van der Waals surface area contributed by atoms with Crippen molar-refractivity contribution in [3.63, 3.8) is 0 Å². The fraction of sp³-hybridized carbons (Fsp3) is 0.706. The van der Waals surface area contributed by atoms with E-state index in [0.29, 0.717) is 13.1 Å². The summed E-state index contributed by atoms with van der Waals surface area (Å²) in [6.45, 7) is 6.69. The van der Waals surface area contributed by atoms with Gasteiger partial charge in [0.15, 0.2) is 0 Å². The number of amides is 3. The third-order valence-electron chi connectivity index (χ3n) is 5.61. The number of hydrogen-bond acceptors (Lipinski definition) is 3. The van der Waals surface area contributed by atoms with Crippen LogP contribution in [0.5, 0.6) is 0 Å². The van der Waals surface area contributed by atoms with Crippen molar-refractivity contribution in [1.82, 2.24) is 9.80 Å². The van der Waals surface area contributed by atoms with Crippen molar-refractivity contribution in [2.45, 2.75) is 39.7 Å². The van der Waals surface area contributed by atoms with E-state index in [-0.39, 0.29) is 41.4 Å². The quantitative estimate of drug-likeness (QED) is 0.583. The van der Waals surface area contributed by atoms with Crippen molar-refractivity contribution in [2.75, 3.05) is 13.1 Å². The van der Waals surface area contributed by atoms with Crippen molar-refractivity contribution in [3.05, 3.63) is 12.2 Å². The Morgan fingerprint density at radius 1 is 1.14 bits per heavy atom. The Morgan fingerprint density at radius 3 is 1.95 bits per heavy atom. The Balaban J connectivity index is 1.85. The Kier molecular flexibility index (Phi) is 3.83. The van der Waals surface area contributed by atoms with Gasteiger partial charge in [0.2, 0.25) is 17.7 Å². The molecule has 5 heteroatoms. The molecule has 4 rings (SSSR count). The summed E-state index contributed by atoms with van der Waals surface area (Å²) in [6, 6.07) is -0.690. The summed E-state index contributed by atoms with van der Waals surface area (Å²) >= 11 is 0. The zero-order valence-corrected chi connectivity index (χ0v) is 13.5. The van der Waals surface area contributed by atoms with Crippen LogP contribution in [0.2, 0.25) is 0 Å². The molecule has 0 aromatic heterocycles. The van der Waals surface area contributed by atoms with E-state index >= 15 is 0 Å². The van der Waals surface area contributed by atoms with E-state index in [0.717, 1.165) is 12.8 Å². The van der Waals surface area contributed by atoms with Crippen LogP contribution in [-0.4, -0.2) is 46.7 Å². The van der Waals surface area contributed by atoms with Crippen molar-refractivity contribution >= 4 is 17.7 Å². The molecule has 1 saturated heterocycles. The summed E-state index contributed by atoms with van der Waals surface area (Å²) in [7, 11) is 0. The predicted octanol–water partition coefficient (Wildman–Crippen LogP) is 1.44. The molecule has 0 spiro atoms. The minimum atomic E-state index is -0.690. The van der Waals surface area contributed by atoms with E-state index in [1.807, 2.05) is 13.8 Å². The summed E-state index contributed by atoms with van der Waals surface area (Å²) in [4.78, 5) is 41.0. The van der Waals surface area contributed by atoms with Gasteiger partial charge in [-0.3, -0.25) is 19.3 Å². The number of imide groups is 1. The lowest BCUT2D eigenvalue weighted by Gasteiger charge is -2.38. The van der Waals surface area contributed by atoms with Crippen molar-refractivity contribution in [3.8, 4) is 0 Å². The zero-order chi connectivity index (χ0) is 16.0. The normalized spacial score (nSPS) is 34.0. The van der Waals surface area contributed by atoms with Crippen LogP contribution in [0.1, 0.15) is 33.6 Å². The number of allylic oxidation sites excluding steroid dienone is 2. The van der Waals surface area contributed by atoms with Crippen LogP contribution in [0.3, 0.4) is 0 Å². The summed E-state index contributed by atoms with van der Waals surface area (Å²) in [5.74, 6) is -0.527. The maximum absolute atomic E-state index is 12.8. The van der Waals surface area contributed by atoms with Gasteiger partial charge in [-0.25, -0.2) is 0 Å². The monoisotopic (exact) mass is 304 g/mol. The van der Waals surface area contributed by atoms with Gasteiger partial charge in [-0.15, -0.1) is 0 Å². The van der Waals surface area contributed by atoms with Gasteiger partial charge in [0, 0.05) is 13.1 Å². The Morgan fingerprint density at radius 2 is 1.59 bits per heavy atom. The third-order valence-corrected chi connectivity index (χ3v) is 5.61. The second-order valence-corrected chi connectivity index (χ2v) is 6.57. The number of rotatable bonds is 4. The second-order valence-electron chi connectivity index (χ2n) is 6.57. The number of fused-ring (bicyclic) bond motifs is 1. The topological polar surface area (TPSA) is 57.7 Å². The largest absolute Gasteiger partial charge is 0.341 e. The second kappa shape index (κ2) is 5.52. The zero-order valence-electron chi connectivity index (χ0n) is 13.5. The molecule has 2 fully saturated rings. The molecule has 1 aliphatic heterocycles. The summed E-state index contributed by atoms with van der Waals surface area (Å²) < 4.78 is 0. The molecule has 1 heterocycles. The molecule has 0 radical (unpaired) electrons. The van der Waals surface area contributed by atoms with E-state index < -0.39 is 6.04 Å². The van der Waals surface area contributed by atoms with E-state index in [1.54, 1.807) is 11.8 Å². The van der Waals surface area contributed by atoms with Gasteiger partial charge in [-0.05, 0) is 45.4 Å². The van der Waals surface area contributed by atoms with Crippen molar-refractivity contribution < 1.29 is 14.4 Å². The molecule has 0 aromatic rings. The Bertz CT molecular complexity index is 506. The van der Waals surface area contributed by atoms with Crippen LogP contribution in [0.25, 0.3) is 0 Å². The molecule has 0 aromatic carbocycles. The van der Waals surface area contributed by atoms with Gasteiger partial charge in [0.05, 0.1) is 11.8 Å². The number of likely N-dealkylation sites (tertiary alicyclic amines) is 1. The fourth-order valence-electron chi connectivity index (χ4n) is 4.39. The number of likely N-dealkylation sites (N-methyl/N-ethyl adjacent to an activating group) is 1. The molecule has 3 amide bonds. The first-order valence-electron chi connectivity index (χ1n) is 8.35. The van der Waals surface area contributed by atoms with Crippen LogP contribution >= 0.6 is 0 Å². The van der Waals surface area contributed by atoms with Gasteiger partial charge in [0.25, 0.3) is 0 Å². The molecule has 5 nitrogen and oxygen atoms in total. The van der Waals surface area contributed by atoms with Crippen LogP contribution in [0, 0.1) is 23.7 Å². The van der Waals surface area contributed by atoms with Gasteiger partial charge >= 0.3 is 0 Å². The first-order valence-corrected chi connectivity index (χ1v) is 8.35. The number of carbonyl (C=O) groups excluding carboxylic acids is 3. The molecular formula is C17H24N2O3. The minimum Gasteiger partial charge on any atom is -0.341 e. The minimum absolute atomic E-state index is 0.134. The molecule has 120 valence electrons. The van der Waals surface area contributed by atoms with E-state index in [4.69, 9.17) is 0 Å². The molecule has 2 bridgehead atoms. The van der Waals surface area contributed by atoms with Crippen molar-refractivity contribution in [2.24, 2.45) is 23.7 Å².